The Kier molecular flexibility index (Phi) is 6.96. The van der Waals surface area contributed by atoms with Crippen molar-refractivity contribution in [1.29, 1.82) is 0 Å². The van der Waals surface area contributed by atoms with Crippen molar-refractivity contribution in [2.45, 2.75) is 70.8 Å². The van der Waals surface area contributed by atoms with Crippen molar-refractivity contribution < 1.29 is 8.42 Å². The maximum Gasteiger partial charge on any atom is 0.211 e. The molecule has 0 aromatic rings. The van der Waals surface area contributed by atoms with Gasteiger partial charge in [0.2, 0.25) is 10.0 Å². The Bertz CT molecular complexity index is 385. The van der Waals surface area contributed by atoms with Gasteiger partial charge in [0, 0.05) is 6.04 Å². The van der Waals surface area contributed by atoms with Crippen LogP contribution in [0.3, 0.4) is 0 Å². The number of hydrogen-bond donors (Lipinski definition) is 2. The molecule has 1 saturated heterocycles. The van der Waals surface area contributed by atoms with Gasteiger partial charge >= 0.3 is 0 Å². The number of hydrogen-bond acceptors (Lipinski definition) is 3. The first-order chi connectivity index (χ1) is 10.1. The maximum absolute atomic E-state index is 12.4. The maximum atomic E-state index is 12.4. The van der Waals surface area contributed by atoms with Crippen molar-refractivity contribution in [3.05, 3.63) is 0 Å². The predicted octanol–water partition coefficient (Wildman–Crippen LogP) is 2.65. The average molecular weight is 317 g/mol. The molecule has 2 rings (SSSR count). The Morgan fingerprint density at radius 3 is 2.38 bits per heavy atom. The Morgan fingerprint density at radius 1 is 1.10 bits per heavy atom. The minimum absolute atomic E-state index is 0.156. The highest BCUT2D eigenvalue weighted by atomic mass is 32.2. The standard InChI is InChI=1S/C16H32N2O2S/c1-2-16(15-6-4-3-5-7-15)18-21(19,20)13-10-14-8-11-17-12-9-14/h14-18H,2-13H2,1H3. The molecule has 2 aliphatic rings. The van der Waals surface area contributed by atoms with Crippen LogP contribution in [0.2, 0.25) is 0 Å². The molecule has 0 radical (unpaired) electrons. The van der Waals surface area contributed by atoms with E-state index in [0.717, 1.165) is 38.8 Å². The molecular formula is C16H32N2O2S. The fourth-order valence-electron chi connectivity index (χ4n) is 3.83. The lowest BCUT2D eigenvalue weighted by Gasteiger charge is -2.30. The van der Waals surface area contributed by atoms with Gasteiger partial charge in [-0.25, -0.2) is 13.1 Å². The molecule has 1 heterocycles. The monoisotopic (exact) mass is 316 g/mol. The van der Waals surface area contributed by atoms with Gasteiger partial charge in [0.1, 0.15) is 0 Å². The van der Waals surface area contributed by atoms with Crippen molar-refractivity contribution in [3.63, 3.8) is 0 Å². The van der Waals surface area contributed by atoms with Crippen LogP contribution in [0.4, 0.5) is 0 Å². The molecule has 0 aromatic heterocycles. The molecule has 1 aliphatic carbocycles. The molecule has 0 amide bonds. The largest absolute Gasteiger partial charge is 0.317 e. The van der Waals surface area contributed by atoms with Crippen LogP contribution in [0, 0.1) is 11.8 Å². The van der Waals surface area contributed by atoms with E-state index in [1.54, 1.807) is 0 Å². The zero-order valence-corrected chi connectivity index (χ0v) is 14.3. The van der Waals surface area contributed by atoms with Crippen LogP contribution in [0.5, 0.6) is 0 Å². The molecular weight excluding hydrogens is 284 g/mol. The summed E-state index contributed by atoms with van der Waals surface area (Å²) in [6.45, 7) is 4.18. The summed E-state index contributed by atoms with van der Waals surface area (Å²) in [5, 5.41) is 3.33. The third-order valence-corrected chi connectivity index (χ3v) is 6.68. The zero-order valence-electron chi connectivity index (χ0n) is 13.4. The predicted molar refractivity (Wildman–Crippen MR) is 87.8 cm³/mol. The van der Waals surface area contributed by atoms with Crippen LogP contribution >= 0.6 is 0 Å². The minimum atomic E-state index is -3.11. The smallest absolute Gasteiger partial charge is 0.211 e. The lowest BCUT2D eigenvalue weighted by atomic mass is 9.83. The van der Waals surface area contributed by atoms with Crippen molar-refractivity contribution in [2.24, 2.45) is 11.8 Å². The van der Waals surface area contributed by atoms with Crippen LogP contribution in [0.25, 0.3) is 0 Å². The molecule has 5 heteroatoms. The van der Waals surface area contributed by atoms with E-state index in [4.69, 9.17) is 0 Å². The molecule has 0 spiro atoms. The zero-order chi connectivity index (χ0) is 15.1. The number of nitrogens with one attached hydrogen (secondary N) is 2. The van der Waals surface area contributed by atoms with E-state index in [-0.39, 0.29) is 6.04 Å². The van der Waals surface area contributed by atoms with Crippen molar-refractivity contribution in [2.75, 3.05) is 18.8 Å². The SMILES string of the molecule is CCC(NS(=O)(=O)CCC1CCNCC1)C1CCCCC1. The molecule has 21 heavy (non-hydrogen) atoms. The molecule has 0 aromatic carbocycles. The van der Waals surface area contributed by atoms with Gasteiger partial charge in [0.25, 0.3) is 0 Å². The summed E-state index contributed by atoms with van der Waals surface area (Å²) < 4.78 is 27.7. The molecule has 1 atom stereocenters. The van der Waals surface area contributed by atoms with Crippen LogP contribution in [-0.4, -0.2) is 33.3 Å². The summed E-state index contributed by atoms with van der Waals surface area (Å²) in [5.74, 6) is 1.44. The van der Waals surface area contributed by atoms with Gasteiger partial charge in [-0.3, -0.25) is 0 Å². The fourth-order valence-corrected chi connectivity index (χ4v) is 5.41. The summed E-state index contributed by atoms with van der Waals surface area (Å²) in [5.41, 5.74) is 0. The first-order valence-electron chi connectivity index (χ1n) is 8.81. The first-order valence-corrected chi connectivity index (χ1v) is 10.5. The van der Waals surface area contributed by atoms with Gasteiger partial charge in [-0.05, 0) is 63.5 Å². The van der Waals surface area contributed by atoms with E-state index in [1.807, 2.05) is 0 Å². The highest BCUT2D eigenvalue weighted by Gasteiger charge is 2.26. The Morgan fingerprint density at radius 2 is 1.76 bits per heavy atom. The van der Waals surface area contributed by atoms with E-state index in [1.165, 1.54) is 32.1 Å². The van der Waals surface area contributed by atoms with Gasteiger partial charge in [-0.15, -0.1) is 0 Å². The second kappa shape index (κ2) is 8.49. The van der Waals surface area contributed by atoms with E-state index in [0.29, 0.717) is 17.6 Å². The first kappa shape index (κ1) is 17.2. The lowest BCUT2D eigenvalue weighted by molar-refractivity contribution is 0.285. The van der Waals surface area contributed by atoms with Gasteiger partial charge in [-0.1, -0.05) is 26.2 Å². The van der Waals surface area contributed by atoms with Crippen molar-refractivity contribution >= 4 is 10.0 Å². The molecule has 0 bridgehead atoms. The molecule has 1 unspecified atom stereocenters. The summed E-state index contributed by atoms with van der Waals surface area (Å²) in [7, 11) is -3.11. The van der Waals surface area contributed by atoms with E-state index < -0.39 is 10.0 Å². The second-order valence-electron chi connectivity index (χ2n) is 6.83. The third-order valence-electron chi connectivity index (χ3n) is 5.24. The molecule has 2 N–H and O–H groups in total. The average Bonchev–Trinajstić information content (AvgIpc) is 2.53. The molecule has 1 aliphatic heterocycles. The van der Waals surface area contributed by atoms with E-state index >= 15 is 0 Å². The van der Waals surface area contributed by atoms with E-state index in [9.17, 15) is 8.42 Å². The van der Waals surface area contributed by atoms with Gasteiger partial charge in [-0.2, -0.15) is 0 Å². The topological polar surface area (TPSA) is 58.2 Å². The lowest BCUT2D eigenvalue weighted by Crippen LogP contribution is -2.42. The van der Waals surface area contributed by atoms with Crippen LogP contribution < -0.4 is 10.0 Å². The number of piperidine rings is 1. The summed E-state index contributed by atoms with van der Waals surface area (Å²) in [6, 6.07) is 0.156. The summed E-state index contributed by atoms with van der Waals surface area (Å²) in [6.07, 6.45) is 10.2. The normalized spacial score (nSPS) is 24.0. The second-order valence-corrected chi connectivity index (χ2v) is 8.71. The Balaban J connectivity index is 1.80. The number of sulfonamides is 1. The van der Waals surface area contributed by atoms with Crippen molar-refractivity contribution in [1.82, 2.24) is 10.0 Å². The minimum Gasteiger partial charge on any atom is -0.317 e. The fraction of sp³-hybridized carbons (Fsp3) is 1.00. The van der Waals surface area contributed by atoms with Crippen molar-refractivity contribution in [3.8, 4) is 0 Å². The van der Waals surface area contributed by atoms with E-state index in [2.05, 4.69) is 17.0 Å². The highest BCUT2D eigenvalue weighted by molar-refractivity contribution is 7.89. The highest BCUT2D eigenvalue weighted by Crippen LogP contribution is 2.28. The van der Waals surface area contributed by atoms with Gasteiger partial charge in [0.15, 0.2) is 0 Å². The molecule has 2 fully saturated rings. The quantitative estimate of drug-likeness (QED) is 0.759. The Hall–Kier alpha value is -0.130. The van der Waals surface area contributed by atoms with Crippen LogP contribution in [0.1, 0.15) is 64.7 Å². The Labute approximate surface area is 130 Å². The molecule has 4 nitrogen and oxygen atoms in total. The van der Waals surface area contributed by atoms with Gasteiger partial charge < -0.3 is 5.32 Å². The molecule has 124 valence electrons. The number of rotatable bonds is 7. The van der Waals surface area contributed by atoms with Crippen LogP contribution in [-0.2, 0) is 10.0 Å². The van der Waals surface area contributed by atoms with Gasteiger partial charge in [0.05, 0.1) is 5.75 Å². The summed E-state index contributed by atoms with van der Waals surface area (Å²) >= 11 is 0. The van der Waals surface area contributed by atoms with Crippen LogP contribution in [0.15, 0.2) is 0 Å². The molecule has 1 saturated carbocycles. The summed E-state index contributed by atoms with van der Waals surface area (Å²) in [4.78, 5) is 0. The third kappa shape index (κ3) is 5.87.